The number of nitrogens with zero attached hydrogens (tertiary/aromatic N) is 5. The molecular formula is C44H43N5O5S3. The number of benzene rings is 3. The maximum absolute atomic E-state index is 14.3. The standard InChI is InChI=1S/C44H43N5O5S3/c1-4-54-37-20-31-32(21-36(37)53-3)40(46-34-16-19-55-25-33(31)34)28-10-12-29(13-11-28)42(50)47-17-14-30(15-18-47)49-43(51)41-35(22-38(57-41)27-8-6-5-7-9-27)48(44(49)52)23-39-45-26(2)24-56-39/h5-13,20-22,24,30,33-34H,4,14-19,23,25H2,1-3H3/t33-,34-/m1/s1. The Bertz CT molecular complexity index is 2620. The van der Waals surface area contributed by atoms with E-state index < -0.39 is 0 Å². The Kier molecular flexibility index (Phi) is 10.4. The number of likely N-dealkylation sites (tertiary alicyclic amines) is 1. The van der Waals surface area contributed by atoms with Gasteiger partial charge in [-0.2, -0.15) is 11.8 Å². The van der Waals surface area contributed by atoms with Crippen LogP contribution in [0.3, 0.4) is 0 Å². The van der Waals surface area contributed by atoms with Gasteiger partial charge in [-0.1, -0.05) is 42.5 Å². The van der Waals surface area contributed by atoms with Gasteiger partial charge >= 0.3 is 5.69 Å². The van der Waals surface area contributed by atoms with Crippen LogP contribution in [0.1, 0.15) is 75.9 Å². The van der Waals surface area contributed by atoms with Gasteiger partial charge < -0.3 is 14.4 Å². The van der Waals surface area contributed by atoms with E-state index in [4.69, 9.17) is 14.5 Å². The third-order valence-electron chi connectivity index (χ3n) is 11.3. The minimum atomic E-state index is -0.338. The molecule has 6 heterocycles. The van der Waals surface area contributed by atoms with E-state index in [1.54, 1.807) is 11.7 Å². The number of aliphatic imine (C=N–C) groups is 1. The molecule has 0 radical (unpaired) electrons. The highest BCUT2D eigenvalue weighted by atomic mass is 32.2. The fourth-order valence-electron chi connectivity index (χ4n) is 8.43. The van der Waals surface area contributed by atoms with Gasteiger partial charge in [-0.25, -0.2) is 9.78 Å². The van der Waals surface area contributed by atoms with Crippen LogP contribution in [-0.4, -0.2) is 75.0 Å². The summed E-state index contributed by atoms with van der Waals surface area (Å²) in [6.45, 7) is 5.62. The van der Waals surface area contributed by atoms with Gasteiger partial charge in [0.05, 0.1) is 37.5 Å². The largest absolute Gasteiger partial charge is 0.493 e. The van der Waals surface area contributed by atoms with Gasteiger partial charge in [0.15, 0.2) is 11.5 Å². The number of thioether (sulfide) groups is 1. The van der Waals surface area contributed by atoms with Gasteiger partial charge in [0, 0.05) is 63.4 Å². The molecule has 0 bridgehead atoms. The second-order valence-electron chi connectivity index (χ2n) is 14.8. The zero-order chi connectivity index (χ0) is 39.2. The van der Waals surface area contributed by atoms with Crippen LogP contribution in [-0.2, 0) is 6.54 Å². The molecule has 3 aromatic heterocycles. The predicted octanol–water partition coefficient (Wildman–Crippen LogP) is 8.03. The predicted molar refractivity (Wildman–Crippen MR) is 231 cm³/mol. The molecule has 0 N–H and O–H groups in total. The van der Waals surface area contributed by atoms with E-state index in [9.17, 15) is 14.4 Å². The second-order valence-corrected chi connectivity index (χ2v) is 17.9. The number of carbonyl (C=O) groups is 1. The quantitative estimate of drug-likeness (QED) is 0.146. The number of amides is 1. The van der Waals surface area contributed by atoms with Crippen molar-refractivity contribution in [2.24, 2.45) is 4.99 Å². The molecule has 2 saturated heterocycles. The van der Waals surface area contributed by atoms with E-state index in [0.717, 1.165) is 61.7 Å². The van der Waals surface area contributed by atoms with Crippen molar-refractivity contribution < 1.29 is 14.3 Å². The molecule has 3 aliphatic rings. The van der Waals surface area contributed by atoms with E-state index in [0.29, 0.717) is 60.0 Å². The zero-order valence-corrected chi connectivity index (χ0v) is 34.6. The fraction of sp³-hybridized carbons (Fsp3) is 0.341. The Morgan fingerprint density at radius 1 is 0.947 bits per heavy atom. The molecule has 1 amide bonds. The number of aryl methyl sites for hydroxylation is 1. The number of aromatic nitrogens is 3. The van der Waals surface area contributed by atoms with Crippen LogP contribution in [0.2, 0.25) is 0 Å². The summed E-state index contributed by atoms with van der Waals surface area (Å²) in [6.07, 6.45) is 2.01. The van der Waals surface area contributed by atoms with Crippen molar-refractivity contribution in [1.82, 2.24) is 19.0 Å². The lowest BCUT2D eigenvalue weighted by atomic mass is 9.81. The van der Waals surface area contributed by atoms with E-state index >= 15 is 0 Å². The normalized spacial score (nSPS) is 18.2. The van der Waals surface area contributed by atoms with Crippen LogP contribution in [0.4, 0.5) is 0 Å². The number of ether oxygens (including phenoxy) is 2. The van der Waals surface area contributed by atoms with Crippen molar-refractivity contribution in [3.05, 3.63) is 132 Å². The molecule has 13 heteroatoms. The highest BCUT2D eigenvalue weighted by molar-refractivity contribution is 7.99. The summed E-state index contributed by atoms with van der Waals surface area (Å²) in [7, 11) is 1.66. The highest BCUT2D eigenvalue weighted by Gasteiger charge is 2.35. The van der Waals surface area contributed by atoms with Gasteiger partial charge in [0.25, 0.3) is 11.5 Å². The third kappa shape index (κ3) is 7.03. The molecule has 2 fully saturated rings. The van der Waals surface area contributed by atoms with Crippen molar-refractivity contribution in [2.75, 3.05) is 38.3 Å². The number of rotatable bonds is 9. The SMILES string of the molecule is CCOc1cc2c(cc1OC)C(c1ccc(C(=O)N3CCC(n4c(=O)c5sc(-c6ccccc6)cc5n(Cc5nc(C)cs5)c4=O)CC3)cc1)=N[C@@H]1CCSC[C@H]21. The molecule has 57 heavy (non-hydrogen) atoms. The summed E-state index contributed by atoms with van der Waals surface area (Å²) in [6, 6.07) is 23.7. The molecule has 10 nitrogen and oxygen atoms in total. The van der Waals surface area contributed by atoms with Crippen molar-refractivity contribution in [1.29, 1.82) is 0 Å². The van der Waals surface area contributed by atoms with Crippen LogP contribution in [0.5, 0.6) is 11.5 Å². The first-order valence-corrected chi connectivity index (χ1v) is 22.3. The Morgan fingerprint density at radius 2 is 1.74 bits per heavy atom. The number of thiophene rings is 1. The lowest BCUT2D eigenvalue weighted by molar-refractivity contribution is 0.0691. The molecule has 3 aliphatic heterocycles. The summed E-state index contributed by atoms with van der Waals surface area (Å²) < 4.78 is 15.4. The molecule has 0 aliphatic carbocycles. The lowest BCUT2D eigenvalue weighted by Crippen LogP contribution is -2.46. The first-order chi connectivity index (χ1) is 27.8. The Balaban J connectivity index is 0.966. The summed E-state index contributed by atoms with van der Waals surface area (Å²) >= 11 is 4.90. The summed E-state index contributed by atoms with van der Waals surface area (Å²) in [5.41, 5.74) is 6.67. The third-order valence-corrected chi connectivity index (χ3v) is 14.5. The van der Waals surface area contributed by atoms with E-state index in [-0.39, 0.29) is 35.8 Å². The number of methoxy groups -OCH3 is 1. The second kappa shape index (κ2) is 15.8. The number of hydrogen-bond acceptors (Lipinski definition) is 10. The molecule has 3 aromatic carbocycles. The van der Waals surface area contributed by atoms with Gasteiger partial charge in [-0.05, 0) is 80.3 Å². The molecule has 0 saturated carbocycles. The van der Waals surface area contributed by atoms with E-state index in [1.165, 1.54) is 32.8 Å². The maximum atomic E-state index is 14.3. The van der Waals surface area contributed by atoms with Gasteiger partial charge in [0.1, 0.15) is 9.71 Å². The number of piperidine rings is 1. The maximum Gasteiger partial charge on any atom is 0.332 e. The van der Waals surface area contributed by atoms with Crippen LogP contribution < -0.4 is 20.7 Å². The first kappa shape index (κ1) is 37.6. The molecule has 6 aromatic rings. The van der Waals surface area contributed by atoms with E-state index in [2.05, 4.69) is 17.1 Å². The van der Waals surface area contributed by atoms with Crippen molar-refractivity contribution >= 4 is 56.3 Å². The molecule has 0 spiro atoms. The molecule has 0 unspecified atom stereocenters. The molecule has 2 atom stereocenters. The van der Waals surface area contributed by atoms with Gasteiger partial charge in [-0.3, -0.25) is 23.7 Å². The number of thiazole rings is 1. The van der Waals surface area contributed by atoms with Crippen LogP contribution >= 0.6 is 34.4 Å². The Hall–Kier alpha value is -4.98. The fourth-order valence-corrected chi connectivity index (χ4v) is 11.5. The summed E-state index contributed by atoms with van der Waals surface area (Å²) in [5.74, 6) is 3.79. The Morgan fingerprint density at radius 3 is 2.46 bits per heavy atom. The van der Waals surface area contributed by atoms with Crippen molar-refractivity contribution in [3.63, 3.8) is 0 Å². The topological polar surface area (TPSA) is 108 Å². The summed E-state index contributed by atoms with van der Waals surface area (Å²) in [5, 5.41) is 2.79. The monoisotopic (exact) mass is 817 g/mol. The van der Waals surface area contributed by atoms with Gasteiger partial charge in [-0.15, -0.1) is 22.7 Å². The zero-order valence-electron chi connectivity index (χ0n) is 32.1. The van der Waals surface area contributed by atoms with Gasteiger partial charge in [0.2, 0.25) is 0 Å². The number of hydrogen-bond donors (Lipinski definition) is 0. The summed E-state index contributed by atoms with van der Waals surface area (Å²) in [4.78, 5) is 55.1. The Labute approximate surface area is 342 Å². The minimum absolute atomic E-state index is 0.0662. The molecule has 292 valence electrons. The molecule has 9 rings (SSSR count). The van der Waals surface area contributed by atoms with Crippen molar-refractivity contribution in [3.8, 4) is 21.9 Å². The number of carbonyl (C=O) groups excluding carboxylic acids is 1. The van der Waals surface area contributed by atoms with Crippen molar-refractivity contribution in [2.45, 2.75) is 57.7 Å². The average Bonchev–Trinajstić information content (AvgIpc) is 3.89. The average molecular weight is 818 g/mol. The smallest absolute Gasteiger partial charge is 0.332 e. The first-order valence-electron chi connectivity index (χ1n) is 19.5. The van der Waals surface area contributed by atoms with Crippen LogP contribution in [0.15, 0.2) is 92.8 Å². The van der Waals surface area contributed by atoms with Crippen LogP contribution in [0.25, 0.3) is 20.7 Å². The minimum Gasteiger partial charge on any atom is -0.493 e. The number of fused-ring (bicyclic) bond motifs is 4. The highest BCUT2D eigenvalue weighted by Crippen LogP contribution is 2.44. The van der Waals surface area contributed by atoms with E-state index in [1.807, 2.05) is 96.6 Å². The van der Waals surface area contributed by atoms with Crippen LogP contribution in [0, 0.1) is 6.92 Å². The lowest BCUT2D eigenvalue weighted by Gasteiger charge is -2.35. The molecular weight excluding hydrogens is 775 g/mol.